The summed E-state index contributed by atoms with van der Waals surface area (Å²) in [4.78, 5) is 12.9. The van der Waals surface area contributed by atoms with Gasteiger partial charge >= 0.3 is 0 Å². The second kappa shape index (κ2) is 7.97. The predicted octanol–water partition coefficient (Wildman–Crippen LogP) is 5.28. The molecule has 2 aromatic carbocycles. The number of carbonyl (C=O) groups excluding carboxylic acids is 1. The zero-order valence-corrected chi connectivity index (χ0v) is 16.8. The topological polar surface area (TPSA) is 46.9 Å². The van der Waals surface area contributed by atoms with Crippen molar-refractivity contribution in [3.05, 3.63) is 70.9 Å². The van der Waals surface area contributed by atoms with Gasteiger partial charge in [0.2, 0.25) is 0 Å². The minimum atomic E-state index is -0.150. The van der Waals surface area contributed by atoms with Gasteiger partial charge in [0.05, 0.1) is 16.4 Å². The summed E-state index contributed by atoms with van der Waals surface area (Å²) in [6, 6.07) is 17.3. The molecule has 1 unspecified atom stereocenters. The smallest absolute Gasteiger partial charge is 0.270 e. The summed E-state index contributed by atoms with van der Waals surface area (Å²) < 4.78 is 1.68. The van der Waals surface area contributed by atoms with Gasteiger partial charge in [-0.2, -0.15) is 5.10 Å². The molecule has 1 N–H and O–H groups in total. The van der Waals surface area contributed by atoms with Crippen LogP contribution in [0.5, 0.6) is 0 Å². The standard InChI is InChI=1S/C22H24ClN3O/c1-14(2)16(4)24-22(27)21-13-20(18-7-5-6-8-19(18)23)25-26(21)17-11-9-15(3)10-12-17/h5-14,16H,1-4H3,(H,24,27). The van der Waals surface area contributed by atoms with Crippen LogP contribution in [-0.2, 0) is 0 Å². The van der Waals surface area contributed by atoms with Gasteiger partial charge in [0.1, 0.15) is 5.69 Å². The monoisotopic (exact) mass is 381 g/mol. The van der Waals surface area contributed by atoms with Crippen LogP contribution >= 0.6 is 11.6 Å². The quantitative estimate of drug-likeness (QED) is 0.653. The van der Waals surface area contributed by atoms with Gasteiger partial charge in [0.15, 0.2) is 0 Å². The first-order chi connectivity index (χ1) is 12.9. The Balaban J connectivity index is 2.08. The maximum absolute atomic E-state index is 12.9. The minimum absolute atomic E-state index is 0.0580. The lowest BCUT2D eigenvalue weighted by molar-refractivity contribution is 0.0922. The molecule has 5 heteroatoms. The zero-order chi connectivity index (χ0) is 19.6. The molecule has 0 saturated heterocycles. The van der Waals surface area contributed by atoms with Crippen molar-refractivity contribution in [2.24, 2.45) is 5.92 Å². The van der Waals surface area contributed by atoms with Gasteiger partial charge in [0.25, 0.3) is 5.91 Å². The predicted molar refractivity (Wildman–Crippen MR) is 111 cm³/mol. The van der Waals surface area contributed by atoms with Crippen molar-refractivity contribution in [2.75, 3.05) is 0 Å². The van der Waals surface area contributed by atoms with Gasteiger partial charge in [-0.25, -0.2) is 4.68 Å². The third-order valence-corrected chi connectivity index (χ3v) is 5.06. The molecule has 1 amide bonds. The van der Waals surface area contributed by atoms with Crippen molar-refractivity contribution < 1.29 is 4.79 Å². The second-order valence-electron chi connectivity index (χ2n) is 7.15. The highest BCUT2D eigenvalue weighted by molar-refractivity contribution is 6.33. The number of rotatable bonds is 5. The maximum atomic E-state index is 12.9. The largest absolute Gasteiger partial charge is 0.348 e. The normalized spacial score (nSPS) is 12.2. The molecule has 0 radical (unpaired) electrons. The van der Waals surface area contributed by atoms with Gasteiger partial charge in [-0.15, -0.1) is 0 Å². The first-order valence-corrected chi connectivity index (χ1v) is 9.47. The maximum Gasteiger partial charge on any atom is 0.270 e. The summed E-state index contributed by atoms with van der Waals surface area (Å²) in [5, 5.41) is 8.35. The summed E-state index contributed by atoms with van der Waals surface area (Å²) in [5.74, 6) is 0.190. The molecule has 3 rings (SSSR count). The molecule has 1 heterocycles. The molecule has 0 aliphatic carbocycles. The Bertz CT molecular complexity index is 944. The number of nitrogens with zero attached hydrogens (tertiary/aromatic N) is 2. The van der Waals surface area contributed by atoms with Gasteiger partial charge in [-0.1, -0.05) is 61.3 Å². The average Bonchev–Trinajstić information content (AvgIpc) is 3.07. The van der Waals surface area contributed by atoms with Gasteiger partial charge < -0.3 is 5.32 Å². The van der Waals surface area contributed by atoms with Crippen molar-refractivity contribution in [1.82, 2.24) is 15.1 Å². The van der Waals surface area contributed by atoms with E-state index in [0.717, 1.165) is 16.8 Å². The number of aryl methyl sites for hydroxylation is 1. The van der Waals surface area contributed by atoms with Crippen LogP contribution in [0, 0.1) is 12.8 Å². The SMILES string of the molecule is Cc1ccc(-n2nc(-c3ccccc3Cl)cc2C(=O)NC(C)C(C)C)cc1. The lowest BCUT2D eigenvalue weighted by Gasteiger charge is -2.17. The molecule has 140 valence electrons. The van der Waals surface area contributed by atoms with E-state index < -0.39 is 0 Å². The molecule has 3 aromatic rings. The fraction of sp³-hybridized carbons (Fsp3) is 0.273. The number of hydrogen-bond acceptors (Lipinski definition) is 2. The Hall–Kier alpha value is -2.59. The van der Waals surface area contributed by atoms with Crippen LogP contribution in [0.3, 0.4) is 0 Å². The molecule has 4 nitrogen and oxygen atoms in total. The first kappa shape index (κ1) is 19.2. The molecular formula is C22H24ClN3O. The summed E-state index contributed by atoms with van der Waals surface area (Å²) >= 11 is 6.34. The molecule has 0 bridgehead atoms. The van der Waals surface area contributed by atoms with E-state index in [1.165, 1.54) is 0 Å². The summed E-state index contributed by atoms with van der Waals surface area (Å²) in [6.07, 6.45) is 0. The van der Waals surface area contributed by atoms with E-state index >= 15 is 0 Å². The Morgan fingerprint density at radius 1 is 1.07 bits per heavy atom. The van der Waals surface area contributed by atoms with E-state index in [-0.39, 0.29) is 11.9 Å². The number of benzene rings is 2. The van der Waals surface area contributed by atoms with Crippen LogP contribution in [0.15, 0.2) is 54.6 Å². The van der Waals surface area contributed by atoms with Crippen LogP contribution in [0.25, 0.3) is 16.9 Å². The highest BCUT2D eigenvalue weighted by Crippen LogP contribution is 2.28. The molecule has 27 heavy (non-hydrogen) atoms. The summed E-state index contributed by atoms with van der Waals surface area (Å²) in [5.41, 5.74) is 3.94. The van der Waals surface area contributed by atoms with Crippen molar-refractivity contribution in [3.8, 4) is 16.9 Å². The zero-order valence-electron chi connectivity index (χ0n) is 16.0. The van der Waals surface area contributed by atoms with Crippen LogP contribution in [0.4, 0.5) is 0 Å². The Morgan fingerprint density at radius 2 is 1.74 bits per heavy atom. The molecule has 0 fully saturated rings. The van der Waals surface area contributed by atoms with E-state index in [2.05, 4.69) is 24.3 Å². The molecule has 0 aliphatic heterocycles. The number of hydrogen-bond donors (Lipinski definition) is 1. The van der Waals surface area contributed by atoms with Crippen LogP contribution < -0.4 is 5.32 Å². The number of halogens is 1. The number of carbonyl (C=O) groups is 1. The van der Waals surface area contributed by atoms with Crippen molar-refractivity contribution in [3.63, 3.8) is 0 Å². The fourth-order valence-electron chi connectivity index (χ4n) is 2.67. The third kappa shape index (κ3) is 4.22. The van der Waals surface area contributed by atoms with Crippen molar-refractivity contribution in [2.45, 2.75) is 33.7 Å². The minimum Gasteiger partial charge on any atom is -0.348 e. The highest BCUT2D eigenvalue weighted by Gasteiger charge is 2.20. The molecule has 0 spiro atoms. The van der Waals surface area contributed by atoms with Crippen LogP contribution in [0.1, 0.15) is 36.8 Å². The molecular weight excluding hydrogens is 358 g/mol. The molecule has 0 saturated carbocycles. The van der Waals surface area contributed by atoms with Crippen LogP contribution in [-0.4, -0.2) is 21.7 Å². The Morgan fingerprint density at radius 3 is 2.37 bits per heavy atom. The average molecular weight is 382 g/mol. The molecule has 1 atom stereocenters. The van der Waals surface area contributed by atoms with E-state index in [0.29, 0.717) is 22.3 Å². The van der Waals surface area contributed by atoms with Crippen molar-refractivity contribution >= 4 is 17.5 Å². The van der Waals surface area contributed by atoms with E-state index in [1.807, 2.05) is 62.4 Å². The third-order valence-electron chi connectivity index (χ3n) is 4.73. The first-order valence-electron chi connectivity index (χ1n) is 9.09. The van der Waals surface area contributed by atoms with Gasteiger partial charge in [-0.05, 0) is 44.0 Å². The fourth-order valence-corrected chi connectivity index (χ4v) is 2.91. The Labute approximate surface area is 165 Å². The van der Waals surface area contributed by atoms with Gasteiger partial charge in [0, 0.05) is 11.6 Å². The second-order valence-corrected chi connectivity index (χ2v) is 7.56. The number of nitrogens with one attached hydrogen (secondary N) is 1. The summed E-state index contributed by atoms with van der Waals surface area (Å²) in [7, 11) is 0. The van der Waals surface area contributed by atoms with E-state index in [1.54, 1.807) is 10.7 Å². The van der Waals surface area contributed by atoms with Crippen molar-refractivity contribution in [1.29, 1.82) is 0 Å². The highest BCUT2D eigenvalue weighted by atomic mass is 35.5. The summed E-state index contributed by atoms with van der Waals surface area (Å²) in [6.45, 7) is 8.19. The van der Waals surface area contributed by atoms with E-state index in [4.69, 9.17) is 11.6 Å². The van der Waals surface area contributed by atoms with Crippen LogP contribution in [0.2, 0.25) is 5.02 Å². The van der Waals surface area contributed by atoms with E-state index in [9.17, 15) is 4.79 Å². The molecule has 0 aliphatic rings. The number of amides is 1. The Kier molecular flexibility index (Phi) is 5.66. The molecule has 1 aromatic heterocycles. The number of aromatic nitrogens is 2. The lowest BCUT2D eigenvalue weighted by Crippen LogP contribution is -2.37. The lowest BCUT2D eigenvalue weighted by atomic mass is 10.1. The van der Waals surface area contributed by atoms with Gasteiger partial charge in [-0.3, -0.25) is 4.79 Å².